The van der Waals surface area contributed by atoms with Gasteiger partial charge < -0.3 is 10.2 Å². The minimum Gasteiger partial charge on any atom is -0.352 e. The van der Waals surface area contributed by atoms with Crippen LogP contribution in [-0.4, -0.2) is 68.7 Å². The fourth-order valence-electron chi connectivity index (χ4n) is 5.13. The van der Waals surface area contributed by atoms with Crippen molar-refractivity contribution in [3.8, 4) is 0 Å². The summed E-state index contributed by atoms with van der Waals surface area (Å²) in [5.41, 5.74) is 3.14. The Hall–Kier alpha value is -2.91. The van der Waals surface area contributed by atoms with Crippen LogP contribution in [0.1, 0.15) is 62.1 Å². The Bertz CT molecular complexity index is 1210. The lowest BCUT2D eigenvalue weighted by molar-refractivity contribution is -0.140. The first-order valence-electron chi connectivity index (χ1n) is 14.0. The van der Waals surface area contributed by atoms with E-state index in [4.69, 9.17) is 0 Å². The molecule has 8 nitrogen and oxygen atoms in total. The van der Waals surface area contributed by atoms with Crippen LogP contribution in [0.4, 0.5) is 5.69 Å². The number of rotatable bonds is 12. The number of hydrogen-bond acceptors (Lipinski definition) is 4. The maximum Gasteiger partial charge on any atom is 0.304 e. The molecule has 1 N–H and O–H groups in total. The molecule has 2 aromatic carbocycles. The molecule has 1 unspecified atom stereocenters. The van der Waals surface area contributed by atoms with E-state index in [0.717, 1.165) is 46.7 Å². The third-order valence-corrected chi connectivity index (χ3v) is 9.28. The van der Waals surface area contributed by atoms with Crippen molar-refractivity contribution in [2.75, 3.05) is 31.5 Å². The molecule has 9 heteroatoms. The highest BCUT2D eigenvalue weighted by Gasteiger charge is 2.34. The topological polar surface area (TPSA) is 90.0 Å². The molecule has 1 atom stereocenters. The summed E-state index contributed by atoms with van der Waals surface area (Å²) in [4.78, 5) is 29.1. The number of nitrogens with zero attached hydrogens (tertiary/aromatic N) is 3. The first kappa shape index (κ1) is 30.6. The molecule has 214 valence electrons. The van der Waals surface area contributed by atoms with Gasteiger partial charge in [-0.3, -0.25) is 9.59 Å². The van der Waals surface area contributed by atoms with Crippen LogP contribution in [0.2, 0.25) is 0 Å². The molecule has 1 saturated carbocycles. The van der Waals surface area contributed by atoms with Crippen molar-refractivity contribution in [2.45, 2.75) is 77.8 Å². The monoisotopic (exact) mass is 556 g/mol. The molecule has 1 aliphatic rings. The van der Waals surface area contributed by atoms with Gasteiger partial charge in [-0.1, -0.05) is 68.7 Å². The van der Waals surface area contributed by atoms with Crippen LogP contribution in [0.15, 0.2) is 48.5 Å². The summed E-state index contributed by atoms with van der Waals surface area (Å²) >= 11 is 0. The molecule has 3 rings (SSSR count). The van der Waals surface area contributed by atoms with Gasteiger partial charge in [0.05, 0.1) is 5.69 Å². The third-order valence-electron chi connectivity index (χ3n) is 7.47. The minimum atomic E-state index is -3.98. The number of carbonyl (C=O) groups excluding carboxylic acids is 2. The zero-order valence-corrected chi connectivity index (χ0v) is 24.8. The molecule has 2 aromatic rings. The standard InChI is InChI=1S/C30H44N4O4S/c1-6-27(30(36)31-26-15-11-8-12-16-26)33(20-19-25-13-9-7-10-14-25)29(35)22-34(39(37,38)32(4)5)28-21-23(2)17-18-24(28)3/h7,9-10,13-14,17-18,21,26-27H,6,8,11-12,15-16,19-20,22H2,1-5H3,(H,31,36). The summed E-state index contributed by atoms with van der Waals surface area (Å²) in [6, 6.07) is 14.8. The number of anilines is 1. The summed E-state index contributed by atoms with van der Waals surface area (Å²) in [6.45, 7) is 5.53. The highest BCUT2D eigenvalue weighted by atomic mass is 32.2. The quantitative estimate of drug-likeness (QED) is 0.424. The van der Waals surface area contributed by atoms with E-state index in [1.807, 2.05) is 63.2 Å². The Morgan fingerprint density at radius 1 is 1.00 bits per heavy atom. The average molecular weight is 557 g/mol. The number of carbonyl (C=O) groups is 2. The third kappa shape index (κ3) is 8.05. The Kier molecular flexibility index (Phi) is 10.9. The first-order chi connectivity index (χ1) is 18.5. The van der Waals surface area contributed by atoms with Crippen molar-refractivity contribution < 1.29 is 18.0 Å². The number of benzene rings is 2. The van der Waals surface area contributed by atoms with Crippen molar-refractivity contribution in [1.82, 2.24) is 14.5 Å². The summed E-state index contributed by atoms with van der Waals surface area (Å²) in [6.07, 6.45) is 6.24. The van der Waals surface area contributed by atoms with Gasteiger partial charge in [0.2, 0.25) is 11.8 Å². The SMILES string of the molecule is CCC(C(=O)NC1CCCCC1)N(CCc1ccccc1)C(=O)CN(c1cc(C)ccc1C)S(=O)(=O)N(C)C. The highest BCUT2D eigenvalue weighted by Crippen LogP contribution is 2.26. The molecule has 0 radical (unpaired) electrons. The predicted molar refractivity (Wildman–Crippen MR) is 157 cm³/mol. The van der Waals surface area contributed by atoms with Crippen LogP contribution in [0.25, 0.3) is 0 Å². The van der Waals surface area contributed by atoms with Crippen molar-refractivity contribution >= 4 is 27.7 Å². The Morgan fingerprint density at radius 3 is 2.28 bits per heavy atom. The molecule has 0 saturated heterocycles. The fraction of sp³-hybridized carbons (Fsp3) is 0.533. The van der Waals surface area contributed by atoms with Gasteiger partial charge in [-0.15, -0.1) is 0 Å². The van der Waals surface area contributed by atoms with E-state index < -0.39 is 28.7 Å². The van der Waals surface area contributed by atoms with Gasteiger partial charge in [0.25, 0.3) is 0 Å². The summed E-state index contributed by atoms with van der Waals surface area (Å²) in [7, 11) is -1.07. The van der Waals surface area contributed by atoms with Gasteiger partial charge in [0.1, 0.15) is 12.6 Å². The molecular formula is C30H44N4O4S. The van der Waals surface area contributed by atoms with E-state index >= 15 is 0 Å². The minimum absolute atomic E-state index is 0.118. The second-order valence-electron chi connectivity index (χ2n) is 10.7. The fourth-order valence-corrected chi connectivity index (χ4v) is 6.24. The van der Waals surface area contributed by atoms with Gasteiger partial charge in [-0.25, -0.2) is 4.31 Å². The second-order valence-corrected chi connectivity index (χ2v) is 12.7. The average Bonchev–Trinajstić information content (AvgIpc) is 2.91. The first-order valence-corrected chi connectivity index (χ1v) is 15.4. The van der Waals surface area contributed by atoms with E-state index in [2.05, 4.69) is 5.32 Å². The van der Waals surface area contributed by atoms with Crippen LogP contribution in [0.3, 0.4) is 0 Å². The smallest absolute Gasteiger partial charge is 0.304 e. The van der Waals surface area contributed by atoms with Gasteiger partial charge in [-0.2, -0.15) is 12.7 Å². The number of hydrogen-bond donors (Lipinski definition) is 1. The molecule has 0 aliphatic heterocycles. The molecule has 0 bridgehead atoms. The van der Waals surface area contributed by atoms with Crippen molar-refractivity contribution in [2.24, 2.45) is 0 Å². The Morgan fingerprint density at radius 2 is 1.67 bits per heavy atom. The Labute approximate surface area is 234 Å². The summed E-state index contributed by atoms with van der Waals surface area (Å²) in [5, 5.41) is 3.18. The van der Waals surface area contributed by atoms with Crippen LogP contribution in [-0.2, 0) is 26.2 Å². The van der Waals surface area contributed by atoms with Crippen LogP contribution in [0, 0.1) is 13.8 Å². The lowest BCUT2D eigenvalue weighted by Gasteiger charge is -2.35. The maximum atomic E-state index is 14.0. The zero-order valence-electron chi connectivity index (χ0n) is 24.0. The van der Waals surface area contributed by atoms with E-state index in [0.29, 0.717) is 25.1 Å². The Balaban J connectivity index is 1.94. The molecular weight excluding hydrogens is 512 g/mol. The maximum absolute atomic E-state index is 14.0. The molecule has 0 spiro atoms. The van der Waals surface area contributed by atoms with Crippen LogP contribution < -0.4 is 9.62 Å². The predicted octanol–water partition coefficient (Wildman–Crippen LogP) is 4.22. The lowest BCUT2D eigenvalue weighted by Crippen LogP contribution is -2.55. The van der Waals surface area contributed by atoms with Gasteiger partial charge in [0.15, 0.2) is 0 Å². The summed E-state index contributed by atoms with van der Waals surface area (Å²) in [5.74, 6) is -0.567. The number of nitrogens with one attached hydrogen (secondary N) is 1. The number of amides is 2. The van der Waals surface area contributed by atoms with E-state index in [1.165, 1.54) is 24.8 Å². The summed E-state index contributed by atoms with van der Waals surface area (Å²) < 4.78 is 29.2. The van der Waals surface area contributed by atoms with E-state index in [9.17, 15) is 18.0 Å². The molecule has 0 aromatic heterocycles. The zero-order chi connectivity index (χ0) is 28.6. The second kappa shape index (κ2) is 13.9. The largest absolute Gasteiger partial charge is 0.352 e. The van der Waals surface area contributed by atoms with E-state index in [-0.39, 0.29) is 11.9 Å². The molecule has 1 aliphatic carbocycles. The highest BCUT2D eigenvalue weighted by molar-refractivity contribution is 7.90. The van der Waals surface area contributed by atoms with Crippen LogP contribution >= 0.6 is 0 Å². The lowest BCUT2D eigenvalue weighted by atomic mass is 9.95. The van der Waals surface area contributed by atoms with Crippen molar-refractivity contribution in [1.29, 1.82) is 0 Å². The molecule has 2 amide bonds. The molecule has 1 fully saturated rings. The van der Waals surface area contributed by atoms with Crippen molar-refractivity contribution in [3.63, 3.8) is 0 Å². The van der Waals surface area contributed by atoms with E-state index in [1.54, 1.807) is 11.0 Å². The molecule has 39 heavy (non-hydrogen) atoms. The molecule has 0 heterocycles. The van der Waals surface area contributed by atoms with Crippen LogP contribution in [0.5, 0.6) is 0 Å². The van der Waals surface area contributed by atoms with Crippen molar-refractivity contribution in [3.05, 3.63) is 65.2 Å². The van der Waals surface area contributed by atoms with Gasteiger partial charge in [-0.05, 0) is 62.3 Å². The number of aryl methyl sites for hydroxylation is 2. The van der Waals surface area contributed by atoms with Gasteiger partial charge in [0, 0.05) is 26.7 Å². The normalized spacial score (nSPS) is 15.1. The van der Waals surface area contributed by atoms with Gasteiger partial charge >= 0.3 is 10.2 Å².